The van der Waals surface area contributed by atoms with Crippen LogP contribution in [0.5, 0.6) is 0 Å². The molecule has 2 rings (SSSR count). The first kappa shape index (κ1) is 14.2. The maximum absolute atomic E-state index is 11.9. The Morgan fingerprint density at radius 2 is 1.80 bits per heavy atom. The number of amides is 2. The maximum atomic E-state index is 11.9. The molecule has 2 amide bonds. The second kappa shape index (κ2) is 6.30. The number of nitrogens with one attached hydrogen (secondary N) is 2. The SMILES string of the molecule is CC(NC(=O)Nc1ccc(N)cc1)c1ccccc1Cl. The van der Waals surface area contributed by atoms with E-state index in [4.69, 9.17) is 17.3 Å². The van der Waals surface area contributed by atoms with Gasteiger partial charge in [-0.3, -0.25) is 0 Å². The summed E-state index contributed by atoms with van der Waals surface area (Å²) in [5.74, 6) is 0. The van der Waals surface area contributed by atoms with Crippen molar-refractivity contribution >= 4 is 29.0 Å². The van der Waals surface area contributed by atoms with Gasteiger partial charge in [0.15, 0.2) is 0 Å². The highest BCUT2D eigenvalue weighted by molar-refractivity contribution is 6.31. The second-order valence-electron chi connectivity index (χ2n) is 4.46. The molecule has 4 N–H and O–H groups in total. The zero-order chi connectivity index (χ0) is 14.5. The molecule has 0 aliphatic heterocycles. The van der Waals surface area contributed by atoms with E-state index < -0.39 is 0 Å². The van der Waals surface area contributed by atoms with Crippen molar-refractivity contribution in [2.45, 2.75) is 13.0 Å². The number of anilines is 2. The molecule has 0 spiro atoms. The highest BCUT2D eigenvalue weighted by atomic mass is 35.5. The lowest BCUT2D eigenvalue weighted by Gasteiger charge is -2.16. The summed E-state index contributed by atoms with van der Waals surface area (Å²) in [6.45, 7) is 1.88. The molecule has 0 radical (unpaired) electrons. The summed E-state index contributed by atoms with van der Waals surface area (Å²) in [4.78, 5) is 11.9. The molecule has 2 aromatic carbocycles. The summed E-state index contributed by atoms with van der Waals surface area (Å²) in [6.07, 6.45) is 0. The van der Waals surface area contributed by atoms with Crippen molar-refractivity contribution in [3.05, 3.63) is 59.1 Å². The number of nitrogens with two attached hydrogens (primary N) is 1. The average molecular weight is 290 g/mol. The van der Waals surface area contributed by atoms with Crippen molar-refractivity contribution < 1.29 is 4.79 Å². The van der Waals surface area contributed by atoms with Crippen LogP contribution in [0.1, 0.15) is 18.5 Å². The number of nitrogen functional groups attached to an aromatic ring is 1. The van der Waals surface area contributed by atoms with Gasteiger partial charge in [-0.1, -0.05) is 29.8 Å². The second-order valence-corrected chi connectivity index (χ2v) is 4.87. The van der Waals surface area contributed by atoms with Crippen molar-refractivity contribution in [1.29, 1.82) is 0 Å². The molecule has 2 aromatic rings. The number of rotatable bonds is 3. The van der Waals surface area contributed by atoms with Gasteiger partial charge in [-0.05, 0) is 42.8 Å². The molecule has 0 saturated heterocycles. The van der Waals surface area contributed by atoms with Crippen molar-refractivity contribution in [1.82, 2.24) is 5.32 Å². The van der Waals surface area contributed by atoms with E-state index in [1.807, 2.05) is 25.1 Å². The monoisotopic (exact) mass is 289 g/mol. The quantitative estimate of drug-likeness (QED) is 0.752. The van der Waals surface area contributed by atoms with Crippen LogP contribution in [0.25, 0.3) is 0 Å². The Kier molecular flexibility index (Phi) is 4.48. The molecule has 4 nitrogen and oxygen atoms in total. The van der Waals surface area contributed by atoms with E-state index in [2.05, 4.69) is 10.6 Å². The van der Waals surface area contributed by atoms with E-state index in [1.54, 1.807) is 30.3 Å². The standard InChI is InChI=1S/C15H16ClN3O/c1-10(13-4-2-3-5-14(13)16)18-15(20)19-12-8-6-11(17)7-9-12/h2-10H,17H2,1H3,(H2,18,19,20). The van der Waals surface area contributed by atoms with E-state index in [-0.39, 0.29) is 12.1 Å². The van der Waals surface area contributed by atoms with E-state index in [0.29, 0.717) is 16.4 Å². The number of benzene rings is 2. The molecule has 0 fully saturated rings. The number of hydrogen-bond acceptors (Lipinski definition) is 2. The number of carbonyl (C=O) groups is 1. The predicted molar refractivity (Wildman–Crippen MR) is 82.9 cm³/mol. The zero-order valence-corrected chi connectivity index (χ0v) is 11.8. The lowest BCUT2D eigenvalue weighted by atomic mass is 10.1. The maximum Gasteiger partial charge on any atom is 0.319 e. The topological polar surface area (TPSA) is 67.2 Å². The summed E-state index contributed by atoms with van der Waals surface area (Å²) >= 11 is 6.09. The zero-order valence-electron chi connectivity index (χ0n) is 11.1. The Balaban J connectivity index is 1.98. The fourth-order valence-corrected chi connectivity index (χ4v) is 2.13. The fraction of sp³-hybridized carbons (Fsp3) is 0.133. The average Bonchev–Trinajstić information content (AvgIpc) is 2.41. The normalized spacial score (nSPS) is 11.7. The Morgan fingerprint density at radius 1 is 1.15 bits per heavy atom. The van der Waals surface area contributed by atoms with Crippen LogP contribution in [0, 0.1) is 0 Å². The van der Waals surface area contributed by atoms with Gasteiger partial charge in [-0.15, -0.1) is 0 Å². The minimum absolute atomic E-state index is 0.183. The van der Waals surface area contributed by atoms with Gasteiger partial charge in [0, 0.05) is 16.4 Å². The smallest absolute Gasteiger partial charge is 0.319 e. The van der Waals surface area contributed by atoms with Gasteiger partial charge < -0.3 is 16.4 Å². The third kappa shape index (κ3) is 3.65. The van der Waals surface area contributed by atoms with Gasteiger partial charge in [0.05, 0.1) is 6.04 Å². The first-order chi connectivity index (χ1) is 9.56. The number of hydrogen-bond donors (Lipinski definition) is 3. The summed E-state index contributed by atoms with van der Waals surface area (Å²) in [7, 11) is 0. The van der Waals surface area contributed by atoms with Gasteiger partial charge in [0.1, 0.15) is 0 Å². The summed E-state index contributed by atoms with van der Waals surface area (Å²) in [5, 5.41) is 6.21. The van der Waals surface area contributed by atoms with E-state index in [0.717, 1.165) is 5.56 Å². The number of carbonyl (C=O) groups excluding carboxylic acids is 1. The minimum atomic E-state index is -0.290. The van der Waals surface area contributed by atoms with E-state index in [9.17, 15) is 4.79 Å². The van der Waals surface area contributed by atoms with Gasteiger partial charge >= 0.3 is 6.03 Å². The Labute approximate surface area is 122 Å². The Morgan fingerprint density at radius 3 is 2.45 bits per heavy atom. The van der Waals surface area contributed by atoms with Crippen LogP contribution in [0.3, 0.4) is 0 Å². The Bertz CT molecular complexity index is 598. The van der Waals surface area contributed by atoms with Crippen molar-refractivity contribution in [2.24, 2.45) is 0 Å². The van der Waals surface area contributed by atoms with Crippen LogP contribution < -0.4 is 16.4 Å². The van der Waals surface area contributed by atoms with Crippen LogP contribution >= 0.6 is 11.6 Å². The number of urea groups is 1. The molecule has 0 aromatic heterocycles. The van der Waals surface area contributed by atoms with Gasteiger partial charge in [0.2, 0.25) is 0 Å². The van der Waals surface area contributed by atoms with E-state index >= 15 is 0 Å². The molecule has 1 unspecified atom stereocenters. The molecule has 0 heterocycles. The minimum Gasteiger partial charge on any atom is -0.399 e. The largest absolute Gasteiger partial charge is 0.399 e. The molecule has 1 atom stereocenters. The molecule has 20 heavy (non-hydrogen) atoms. The molecular formula is C15H16ClN3O. The lowest BCUT2D eigenvalue weighted by Crippen LogP contribution is -2.31. The van der Waals surface area contributed by atoms with Crippen LogP contribution in [-0.4, -0.2) is 6.03 Å². The van der Waals surface area contributed by atoms with Crippen LogP contribution in [-0.2, 0) is 0 Å². The number of halogens is 1. The molecule has 0 bridgehead atoms. The van der Waals surface area contributed by atoms with Crippen molar-refractivity contribution in [3.63, 3.8) is 0 Å². The van der Waals surface area contributed by atoms with E-state index in [1.165, 1.54) is 0 Å². The van der Waals surface area contributed by atoms with Crippen molar-refractivity contribution in [2.75, 3.05) is 11.1 Å². The highest BCUT2D eigenvalue weighted by Crippen LogP contribution is 2.22. The summed E-state index contributed by atoms with van der Waals surface area (Å²) in [5.41, 5.74) is 7.80. The molecule has 0 aliphatic carbocycles. The third-order valence-electron chi connectivity index (χ3n) is 2.89. The lowest BCUT2D eigenvalue weighted by molar-refractivity contribution is 0.249. The van der Waals surface area contributed by atoms with Crippen molar-refractivity contribution in [3.8, 4) is 0 Å². The fourth-order valence-electron chi connectivity index (χ4n) is 1.83. The molecular weight excluding hydrogens is 274 g/mol. The third-order valence-corrected chi connectivity index (χ3v) is 3.23. The molecule has 0 saturated carbocycles. The highest BCUT2D eigenvalue weighted by Gasteiger charge is 2.12. The molecule has 104 valence electrons. The first-order valence-electron chi connectivity index (χ1n) is 6.24. The van der Waals surface area contributed by atoms with Gasteiger partial charge in [-0.25, -0.2) is 4.79 Å². The summed E-state index contributed by atoms with van der Waals surface area (Å²) in [6, 6.07) is 13.9. The van der Waals surface area contributed by atoms with Crippen LogP contribution in [0.4, 0.5) is 16.2 Å². The van der Waals surface area contributed by atoms with Gasteiger partial charge in [0.25, 0.3) is 0 Å². The summed E-state index contributed by atoms with van der Waals surface area (Å²) < 4.78 is 0. The molecule has 5 heteroatoms. The molecule has 0 aliphatic rings. The Hall–Kier alpha value is -2.20. The van der Waals surface area contributed by atoms with Crippen LogP contribution in [0.15, 0.2) is 48.5 Å². The van der Waals surface area contributed by atoms with Gasteiger partial charge in [-0.2, -0.15) is 0 Å². The first-order valence-corrected chi connectivity index (χ1v) is 6.61. The predicted octanol–water partition coefficient (Wildman–Crippen LogP) is 3.80. The van der Waals surface area contributed by atoms with Crippen LogP contribution in [0.2, 0.25) is 5.02 Å².